The van der Waals surface area contributed by atoms with Crippen LogP contribution in [-0.2, 0) is 13.2 Å². The van der Waals surface area contributed by atoms with Crippen LogP contribution in [0.4, 0.5) is 5.69 Å². The van der Waals surface area contributed by atoms with Crippen molar-refractivity contribution >= 4 is 44.8 Å². The van der Waals surface area contributed by atoms with Crippen LogP contribution in [0, 0.1) is 0 Å². The highest BCUT2D eigenvalue weighted by Crippen LogP contribution is 2.25. The minimum absolute atomic E-state index is 0.452. The van der Waals surface area contributed by atoms with Gasteiger partial charge in [0.15, 0.2) is 0 Å². The second-order valence-corrected chi connectivity index (χ2v) is 7.32. The molecule has 0 spiro atoms. The summed E-state index contributed by atoms with van der Waals surface area (Å²) in [5, 5.41) is 4.77. The molecule has 0 atom stereocenters. The molecule has 0 fully saturated rings. The fourth-order valence-corrected chi connectivity index (χ4v) is 3.05. The van der Waals surface area contributed by atoms with E-state index in [4.69, 9.17) is 27.9 Å². The lowest BCUT2D eigenvalue weighted by molar-refractivity contribution is 0.303. The molecule has 0 aliphatic heterocycles. The van der Waals surface area contributed by atoms with Gasteiger partial charge in [-0.1, -0.05) is 51.3 Å². The molecule has 0 saturated carbocycles. The molecule has 3 aromatic carbocycles. The minimum atomic E-state index is 0.452. The van der Waals surface area contributed by atoms with Gasteiger partial charge in [-0.15, -0.1) is 0 Å². The van der Waals surface area contributed by atoms with Crippen molar-refractivity contribution in [3.8, 4) is 5.75 Å². The molecular formula is C20H16BrCl2NO. The summed E-state index contributed by atoms with van der Waals surface area (Å²) in [4.78, 5) is 0. The smallest absolute Gasteiger partial charge is 0.124 e. The Morgan fingerprint density at radius 3 is 2.40 bits per heavy atom. The van der Waals surface area contributed by atoms with Crippen LogP contribution in [0.3, 0.4) is 0 Å². The number of nitrogens with one attached hydrogen (secondary N) is 1. The van der Waals surface area contributed by atoms with Gasteiger partial charge in [0, 0.05) is 32.3 Å². The Labute approximate surface area is 165 Å². The first-order valence-electron chi connectivity index (χ1n) is 7.75. The Hall–Kier alpha value is -1.68. The number of benzene rings is 3. The zero-order valence-electron chi connectivity index (χ0n) is 13.3. The van der Waals surface area contributed by atoms with Crippen molar-refractivity contribution in [2.45, 2.75) is 13.2 Å². The van der Waals surface area contributed by atoms with Crippen LogP contribution in [0.5, 0.6) is 5.75 Å². The highest BCUT2D eigenvalue weighted by atomic mass is 79.9. The summed E-state index contributed by atoms with van der Waals surface area (Å²) in [6, 6.07) is 21.3. The van der Waals surface area contributed by atoms with Gasteiger partial charge in [0.2, 0.25) is 0 Å². The summed E-state index contributed by atoms with van der Waals surface area (Å²) in [6.45, 7) is 1.07. The van der Waals surface area contributed by atoms with E-state index in [1.54, 1.807) is 0 Å². The molecule has 0 unspecified atom stereocenters. The van der Waals surface area contributed by atoms with Crippen LogP contribution >= 0.6 is 39.1 Å². The summed E-state index contributed by atoms with van der Waals surface area (Å²) >= 11 is 15.6. The fourth-order valence-electron chi connectivity index (χ4n) is 2.38. The third-order valence-electron chi connectivity index (χ3n) is 3.63. The normalized spacial score (nSPS) is 10.5. The van der Waals surface area contributed by atoms with Crippen LogP contribution in [0.1, 0.15) is 11.1 Å². The molecule has 0 radical (unpaired) electrons. The van der Waals surface area contributed by atoms with Crippen LogP contribution in [-0.4, -0.2) is 0 Å². The van der Waals surface area contributed by atoms with Crippen LogP contribution in [0.25, 0.3) is 0 Å². The monoisotopic (exact) mass is 435 g/mol. The maximum atomic E-state index is 6.15. The molecular weight excluding hydrogens is 421 g/mol. The van der Waals surface area contributed by atoms with Crippen LogP contribution in [0.2, 0.25) is 10.0 Å². The molecule has 128 valence electrons. The third kappa shape index (κ3) is 5.40. The van der Waals surface area contributed by atoms with Crippen molar-refractivity contribution in [2.24, 2.45) is 0 Å². The van der Waals surface area contributed by atoms with E-state index < -0.39 is 0 Å². The Bertz CT molecular complexity index is 853. The highest BCUT2D eigenvalue weighted by Gasteiger charge is 2.06. The first kappa shape index (κ1) is 18.1. The second-order valence-electron chi connectivity index (χ2n) is 5.53. The van der Waals surface area contributed by atoms with Crippen LogP contribution in [0.15, 0.2) is 71.2 Å². The van der Waals surface area contributed by atoms with Crippen molar-refractivity contribution in [2.75, 3.05) is 5.32 Å². The lowest BCUT2D eigenvalue weighted by atomic mass is 10.2. The highest BCUT2D eigenvalue weighted by molar-refractivity contribution is 9.10. The van der Waals surface area contributed by atoms with Gasteiger partial charge in [-0.3, -0.25) is 0 Å². The molecule has 2 nitrogen and oxygen atoms in total. The number of rotatable bonds is 6. The first-order chi connectivity index (χ1) is 12.1. The lowest BCUT2D eigenvalue weighted by Crippen LogP contribution is -2.04. The Balaban J connectivity index is 1.70. The topological polar surface area (TPSA) is 21.3 Å². The van der Waals surface area contributed by atoms with Crippen molar-refractivity contribution in [3.63, 3.8) is 0 Å². The third-order valence-corrected chi connectivity index (χ3v) is 4.63. The second kappa shape index (κ2) is 8.61. The fraction of sp³-hybridized carbons (Fsp3) is 0.100. The molecule has 0 aliphatic rings. The average Bonchev–Trinajstić information content (AvgIpc) is 2.60. The van der Waals surface area contributed by atoms with E-state index in [1.165, 1.54) is 0 Å². The number of hydrogen-bond acceptors (Lipinski definition) is 2. The van der Waals surface area contributed by atoms with Gasteiger partial charge < -0.3 is 10.1 Å². The van der Waals surface area contributed by atoms with E-state index in [2.05, 4.69) is 21.2 Å². The van der Waals surface area contributed by atoms with E-state index in [0.717, 1.165) is 27.0 Å². The van der Waals surface area contributed by atoms with E-state index in [1.807, 2.05) is 66.7 Å². The average molecular weight is 437 g/mol. The Morgan fingerprint density at radius 2 is 1.64 bits per heavy atom. The summed E-state index contributed by atoms with van der Waals surface area (Å²) < 4.78 is 7.02. The lowest BCUT2D eigenvalue weighted by Gasteiger charge is -2.14. The number of ether oxygens (including phenoxy) is 1. The SMILES string of the molecule is Clc1cccc(COc2ccc(Cl)cc2CNc2ccc(Br)cc2)c1. The summed E-state index contributed by atoms with van der Waals surface area (Å²) in [7, 11) is 0. The molecule has 5 heteroatoms. The predicted molar refractivity (Wildman–Crippen MR) is 109 cm³/mol. The molecule has 0 saturated heterocycles. The van der Waals surface area contributed by atoms with E-state index >= 15 is 0 Å². The van der Waals surface area contributed by atoms with Gasteiger partial charge in [-0.25, -0.2) is 0 Å². The predicted octanol–water partition coefficient (Wildman–Crippen LogP) is 6.95. The van der Waals surface area contributed by atoms with Gasteiger partial charge in [0.05, 0.1) is 0 Å². The van der Waals surface area contributed by atoms with Crippen molar-refractivity contribution < 1.29 is 4.74 Å². The molecule has 3 aromatic rings. The van der Waals surface area contributed by atoms with Gasteiger partial charge in [0.1, 0.15) is 12.4 Å². The standard InChI is InChI=1S/C20H16BrCl2NO/c21-16-4-7-19(8-5-16)24-12-15-11-18(23)6-9-20(15)25-13-14-2-1-3-17(22)10-14/h1-11,24H,12-13H2. The number of hydrogen-bond donors (Lipinski definition) is 1. The molecule has 0 bridgehead atoms. The number of anilines is 1. The maximum absolute atomic E-state index is 6.15. The summed E-state index contributed by atoms with van der Waals surface area (Å²) in [5.41, 5.74) is 3.05. The molecule has 25 heavy (non-hydrogen) atoms. The molecule has 0 amide bonds. The summed E-state index contributed by atoms with van der Waals surface area (Å²) in [6.07, 6.45) is 0. The maximum Gasteiger partial charge on any atom is 0.124 e. The van der Waals surface area contributed by atoms with Crippen molar-refractivity contribution in [3.05, 3.63) is 92.4 Å². The first-order valence-corrected chi connectivity index (χ1v) is 9.30. The minimum Gasteiger partial charge on any atom is -0.489 e. The molecule has 1 N–H and O–H groups in total. The summed E-state index contributed by atoms with van der Waals surface area (Å²) in [5.74, 6) is 0.800. The largest absolute Gasteiger partial charge is 0.489 e. The Kier molecular flexibility index (Phi) is 6.24. The molecule has 0 heterocycles. The zero-order valence-corrected chi connectivity index (χ0v) is 16.4. The van der Waals surface area contributed by atoms with Gasteiger partial charge in [-0.2, -0.15) is 0 Å². The van der Waals surface area contributed by atoms with Gasteiger partial charge >= 0.3 is 0 Å². The zero-order chi connectivity index (χ0) is 17.6. The van der Waals surface area contributed by atoms with Gasteiger partial charge in [-0.05, 0) is 60.2 Å². The Morgan fingerprint density at radius 1 is 0.880 bits per heavy atom. The van der Waals surface area contributed by atoms with E-state index in [-0.39, 0.29) is 0 Å². The van der Waals surface area contributed by atoms with Crippen LogP contribution < -0.4 is 10.1 Å². The van der Waals surface area contributed by atoms with Gasteiger partial charge in [0.25, 0.3) is 0 Å². The van der Waals surface area contributed by atoms with E-state index in [0.29, 0.717) is 23.2 Å². The van der Waals surface area contributed by atoms with E-state index in [9.17, 15) is 0 Å². The van der Waals surface area contributed by atoms with Crippen molar-refractivity contribution in [1.82, 2.24) is 0 Å². The quantitative estimate of drug-likeness (QED) is 0.451. The van der Waals surface area contributed by atoms with Crippen molar-refractivity contribution in [1.29, 1.82) is 0 Å². The molecule has 3 rings (SSSR count). The number of halogens is 3. The molecule has 0 aromatic heterocycles. The molecule has 0 aliphatic carbocycles.